The predicted octanol–water partition coefficient (Wildman–Crippen LogP) is 2.62. The van der Waals surface area contributed by atoms with Crippen LogP contribution in [0.2, 0.25) is 5.02 Å². The van der Waals surface area contributed by atoms with Crippen LogP contribution in [0.15, 0.2) is 18.2 Å². The van der Waals surface area contributed by atoms with E-state index in [1.807, 2.05) is 0 Å². The number of halogens is 2. The molecule has 0 aliphatic heterocycles. The molecule has 1 atom stereocenters. The Balaban J connectivity index is 3.07. The van der Waals surface area contributed by atoms with Crippen molar-refractivity contribution in [2.24, 2.45) is 0 Å². The molecule has 0 unspecified atom stereocenters. The molecule has 0 aliphatic rings. The fourth-order valence-electron chi connectivity index (χ4n) is 1.05. The van der Waals surface area contributed by atoms with E-state index in [2.05, 4.69) is 0 Å². The first-order valence-corrected chi connectivity index (χ1v) is 4.67. The molecule has 4 heteroatoms. The molecule has 0 saturated carbocycles. The number of alkyl halides is 1. The highest BCUT2D eigenvalue weighted by molar-refractivity contribution is 6.30. The van der Waals surface area contributed by atoms with Gasteiger partial charge in [0.2, 0.25) is 0 Å². The summed E-state index contributed by atoms with van der Waals surface area (Å²) in [6.07, 6.45) is -0.740. The lowest BCUT2D eigenvalue weighted by atomic mass is 10.1. The first-order chi connectivity index (χ1) is 6.19. The van der Waals surface area contributed by atoms with Gasteiger partial charge in [-0.2, -0.15) is 0 Å². The van der Waals surface area contributed by atoms with Crippen molar-refractivity contribution in [3.05, 3.63) is 28.8 Å². The highest BCUT2D eigenvalue weighted by Gasteiger charge is 2.12. The molecule has 0 bridgehead atoms. The number of methoxy groups -OCH3 is 1. The summed E-state index contributed by atoms with van der Waals surface area (Å²) < 4.78 is 5.05. The maximum atomic E-state index is 9.50. The minimum Gasteiger partial charge on any atom is -0.496 e. The third-order valence-corrected chi connectivity index (χ3v) is 2.22. The van der Waals surface area contributed by atoms with Gasteiger partial charge in [0.15, 0.2) is 0 Å². The van der Waals surface area contributed by atoms with Crippen LogP contribution < -0.4 is 4.74 Å². The van der Waals surface area contributed by atoms with E-state index in [-0.39, 0.29) is 5.88 Å². The zero-order chi connectivity index (χ0) is 9.84. The second kappa shape index (κ2) is 4.70. The van der Waals surface area contributed by atoms with E-state index in [1.54, 1.807) is 18.2 Å². The first-order valence-electron chi connectivity index (χ1n) is 3.76. The Morgan fingerprint density at radius 2 is 2.23 bits per heavy atom. The van der Waals surface area contributed by atoms with Gasteiger partial charge in [0, 0.05) is 10.6 Å². The van der Waals surface area contributed by atoms with Gasteiger partial charge in [0.25, 0.3) is 0 Å². The Morgan fingerprint density at radius 3 is 2.77 bits per heavy atom. The molecule has 1 N–H and O–H groups in total. The Bertz CT molecular complexity index is 289. The van der Waals surface area contributed by atoms with E-state index in [4.69, 9.17) is 27.9 Å². The molecule has 0 saturated heterocycles. The third-order valence-electron chi connectivity index (χ3n) is 1.70. The highest BCUT2D eigenvalue weighted by atomic mass is 35.5. The van der Waals surface area contributed by atoms with Crippen LogP contribution in [0, 0.1) is 0 Å². The van der Waals surface area contributed by atoms with Crippen molar-refractivity contribution in [3.8, 4) is 5.75 Å². The van der Waals surface area contributed by atoms with E-state index in [0.717, 1.165) is 0 Å². The summed E-state index contributed by atoms with van der Waals surface area (Å²) in [5.41, 5.74) is 0.616. The summed E-state index contributed by atoms with van der Waals surface area (Å²) in [5, 5.41) is 10.1. The number of aliphatic hydroxyl groups is 1. The van der Waals surface area contributed by atoms with E-state index >= 15 is 0 Å². The third kappa shape index (κ3) is 2.50. The lowest BCUT2D eigenvalue weighted by Crippen LogP contribution is -2.01. The van der Waals surface area contributed by atoms with Crippen molar-refractivity contribution < 1.29 is 9.84 Å². The van der Waals surface area contributed by atoms with E-state index in [0.29, 0.717) is 16.3 Å². The molecule has 0 amide bonds. The van der Waals surface area contributed by atoms with Crippen LogP contribution in [0.1, 0.15) is 11.7 Å². The van der Waals surface area contributed by atoms with Gasteiger partial charge in [0.1, 0.15) is 5.75 Å². The monoisotopic (exact) mass is 220 g/mol. The summed E-state index contributed by atoms with van der Waals surface area (Å²) in [5.74, 6) is 0.717. The molecular formula is C9H10Cl2O2. The SMILES string of the molecule is COc1ccc(Cl)cc1[C@H](O)CCl. The van der Waals surface area contributed by atoms with Crippen molar-refractivity contribution in [2.45, 2.75) is 6.10 Å². The first kappa shape index (κ1) is 10.6. The van der Waals surface area contributed by atoms with Crippen molar-refractivity contribution in [1.82, 2.24) is 0 Å². The van der Waals surface area contributed by atoms with Gasteiger partial charge in [-0.1, -0.05) is 11.6 Å². The second-order valence-electron chi connectivity index (χ2n) is 2.56. The molecular weight excluding hydrogens is 211 g/mol. The van der Waals surface area contributed by atoms with Crippen LogP contribution in [0.25, 0.3) is 0 Å². The molecule has 2 nitrogen and oxygen atoms in total. The number of hydrogen-bond acceptors (Lipinski definition) is 2. The highest BCUT2D eigenvalue weighted by Crippen LogP contribution is 2.28. The molecule has 1 aromatic rings. The van der Waals surface area contributed by atoms with Gasteiger partial charge < -0.3 is 9.84 Å². The van der Waals surface area contributed by atoms with Crippen LogP contribution in [0.5, 0.6) is 5.75 Å². The lowest BCUT2D eigenvalue weighted by molar-refractivity contribution is 0.197. The lowest BCUT2D eigenvalue weighted by Gasteiger charge is -2.12. The van der Waals surface area contributed by atoms with Crippen LogP contribution >= 0.6 is 23.2 Å². The van der Waals surface area contributed by atoms with Crippen molar-refractivity contribution >= 4 is 23.2 Å². The summed E-state index contributed by atoms with van der Waals surface area (Å²) in [6, 6.07) is 5.05. The topological polar surface area (TPSA) is 29.5 Å². The molecule has 13 heavy (non-hydrogen) atoms. The number of rotatable bonds is 3. The quantitative estimate of drug-likeness (QED) is 0.795. The number of aliphatic hydroxyl groups excluding tert-OH is 1. The van der Waals surface area contributed by atoms with Crippen molar-refractivity contribution in [3.63, 3.8) is 0 Å². The van der Waals surface area contributed by atoms with Gasteiger partial charge in [-0.25, -0.2) is 0 Å². The molecule has 0 heterocycles. The Kier molecular flexibility index (Phi) is 3.85. The van der Waals surface area contributed by atoms with Gasteiger partial charge in [-0.05, 0) is 18.2 Å². The van der Waals surface area contributed by atoms with E-state index < -0.39 is 6.10 Å². The zero-order valence-corrected chi connectivity index (χ0v) is 8.64. The zero-order valence-electron chi connectivity index (χ0n) is 7.13. The molecule has 0 spiro atoms. The maximum Gasteiger partial charge on any atom is 0.124 e. The van der Waals surface area contributed by atoms with Crippen LogP contribution in [0.3, 0.4) is 0 Å². The number of ether oxygens (including phenoxy) is 1. The van der Waals surface area contributed by atoms with Crippen molar-refractivity contribution in [1.29, 1.82) is 0 Å². The molecule has 72 valence electrons. The van der Waals surface area contributed by atoms with E-state index in [9.17, 15) is 5.11 Å². The van der Waals surface area contributed by atoms with Crippen LogP contribution in [0.4, 0.5) is 0 Å². The van der Waals surface area contributed by atoms with E-state index in [1.165, 1.54) is 7.11 Å². The molecule has 1 aromatic carbocycles. The molecule has 0 aromatic heterocycles. The number of benzene rings is 1. The van der Waals surface area contributed by atoms with Crippen LogP contribution in [-0.2, 0) is 0 Å². The fourth-order valence-corrected chi connectivity index (χ4v) is 1.40. The molecule has 0 aliphatic carbocycles. The smallest absolute Gasteiger partial charge is 0.124 e. The van der Waals surface area contributed by atoms with Gasteiger partial charge in [-0.15, -0.1) is 11.6 Å². The summed E-state index contributed by atoms with van der Waals surface area (Å²) in [6.45, 7) is 0. The molecule has 0 radical (unpaired) electrons. The normalized spacial score (nSPS) is 12.6. The minimum atomic E-state index is -0.740. The summed E-state index contributed by atoms with van der Waals surface area (Å²) in [4.78, 5) is 0. The number of hydrogen-bond donors (Lipinski definition) is 1. The Hall–Kier alpha value is -0.440. The summed E-state index contributed by atoms with van der Waals surface area (Å²) in [7, 11) is 1.54. The Labute approximate surface area is 87.0 Å². The van der Waals surface area contributed by atoms with Gasteiger partial charge in [-0.3, -0.25) is 0 Å². The maximum absolute atomic E-state index is 9.50. The van der Waals surface area contributed by atoms with Gasteiger partial charge >= 0.3 is 0 Å². The predicted molar refractivity (Wildman–Crippen MR) is 53.7 cm³/mol. The molecule has 1 rings (SSSR count). The second-order valence-corrected chi connectivity index (χ2v) is 3.30. The van der Waals surface area contributed by atoms with Gasteiger partial charge in [0.05, 0.1) is 19.1 Å². The summed E-state index contributed by atoms with van der Waals surface area (Å²) >= 11 is 11.3. The fraction of sp³-hybridized carbons (Fsp3) is 0.333. The Morgan fingerprint density at radius 1 is 1.54 bits per heavy atom. The largest absolute Gasteiger partial charge is 0.496 e. The average Bonchev–Trinajstić information content (AvgIpc) is 2.16. The standard InChI is InChI=1S/C9H10Cl2O2/c1-13-9-3-2-6(11)4-7(9)8(12)5-10/h2-4,8,12H,5H2,1H3/t8-/m1/s1. The van der Waals surface area contributed by atoms with Crippen molar-refractivity contribution in [2.75, 3.05) is 13.0 Å². The molecule has 0 fully saturated rings. The minimum absolute atomic E-state index is 0.122. The average molecular weight is 221 g/mol. The van der Waals surface area contributed by atoms with Crippen LogP contribution in [-0.4, -0.2) is 18.1 Å².